The third kappa shape index (κ3) is 2.49. The Bertz CT molecular complexity index is 384. The first-order valence-electron chi connectivity index (χ1n) is 5.57. The Morgan fingerprint density at radius 1 is 1.24 bits per heavy atom. The van der Waals surface area contributed by atoms with E-state index < -0.39 is 12.1 Å². The minimum atomic E-state index is -1.09. The lowest BCUT2D eigenvalue weighted by atomic mass is 9.64. The van der Waals surface area contributed by atoms with Crippen molar-refractivity contribution in [2.75, 3.05) is 0 Å². The lowest BCUT2D eigenvalue weighted by molar-refractivity contribution is -0.133. The topological polar surface area (TPSA) is 86.6 Å². The fourth-order valence-corrected chi connectivity index (χ4v) is 1.74. The molecule has 0 heterocycles. The molecular weight excluding hydrogens is 222 g/mol. The van der Waals surface area contributed by atoms with Crippen LogP contribution in [0.2, 0.25) is 0 Å². The average Bonchev–Trinajstić information content (AvgIpc) is 2.26. The summed E-state index contributed by atoms with van der Waals surface area (Å²) in [4.78, 5) is 22.5. The largest absolute Gasteiger partial charge is 0.478 e. The fraction of sp³-hybridized carbons (Fsp3) is 0.667. The lowest BCUT2D eigenvalue weighted by Gasteiger charge is -2.49. The smallest absolute Gasteiger partial charge is 0.331 e. The third-order valence-electron chi connectivity index (χ3n) is 3.75. The van der Waals surface area contributed by atoms with Gasteiger partial charge >= 0.3 is 5.97 Å². The summed E-state index contributed by atoms with van der Waals surface area (Å²) in [6, 6.07) is -0.110. The van der Waals surface area contributed by atoms with E-state index >= 15 is 0 Å². The number of carbonyl (C=O) groups is 2. The van der Waals surface area contributed by atoms with E-state index in [1.165, 1.54) is 13.8 Å². The van der Waals surface area contributed by atoms with Crippen LogP contribution in [-0.4, -0.2) is 34.2 Å². The van der Waals surface area contributed by atoms with Crippen molar-refractivity contribution in [1.82, 2.24) is 5.32 Å². The van der Waals surface area contributed by atoms with Gasteiger partial charge in [0, 0.05) is 22.6 Å². The molecular formula is C12H19NO4. The monoisotopic (exact) mass is 241 g/mol. The number of aliphatic hydroxyl groups excluding tert-OH is 1. The zero-order valence-electron chi connectivity index (χ0n) is 10.6. The Hall–Kier alpha value is -1.36. The summed E-state index contributed by atoms with van der Waals surface area (Å²) in [7, 11) is 0. The zero-order chi connectivity index (χ0) is 13.4. The predicted molar refractivity (Wildman–Crippen MR) is 62.3 cm³/mol. The second-order valence-electron chi connectivity index (χ2n) is 5.15. The highest BCUT2D eigenvalue weighted by Gasteiger charge is 2.48. The maximum absolute atomic E-state index is 11.8. The van der Waals surface area contributed by atoms with E-state index in [2.05, 4.69) is 5.32 Å². The van der Waals surface area contributed by atoms with Crippen LogP contribution in [0.3, 0.4) is 0 Å². The standard InChI is InChI=1S/C12H19NO4/c1-6(7(2)11(16)17)10(15)13-8-5-9(14)12(8,3)4/h8-9,14H,5H2,1-4H3,(H,13,15)(H,16,17). The van der Waals surface area contributed by atoms with Crippen molar-refractivity contribution in [3.05, 3.63) is 11.1 Å². The zero-order valence-corrected chi connectivity index (χ0v) is 10.6. The molecule has 1 aliphatic rings. The predicted octanol–water partition coefficient (Wildman–Crippen LogP) is 0.683. The van der Waals surface area contributed by atoms with Crippen LogP contribution in [-0.2, 0) is 9.59 Å². The number of aliphatic carboxylic acids is 1. The molecule has 1 saturated carbocycles. The van der Waals surface area contributed by atoms with Gasteiger partial charge in [0.05, 0.1) is 6.10 Å². The Morgan fingerprint density at radius 3 is 2.12 bits per heavy atom. The molecule has 1 amide bonds. The maximum Gasteiger partial charge on any atom is 0.331 e. The van der Waals surface area contributed by atoms with Crippen LogP contribution < -0.4 is 5.32 Å². The number of nitrogens with one attached hydrogen (secondary N) is 1. The van der Waals surface area contributed by atoms with Gasteiger partial charge in [-0.2, -0.15) is 0 Å². The summed E-state index contributed by atoms with van der Waals surface area (Å²) in [5, 5.41) is 21.1. The minimum absolute atomic E-state index is 0.0418. The van der Waals surface area contributed by atoms with Crippen molar-refractivity contribution in [1.29, 1.82) is 0 Å². The van der Waals surface area contributed by atoms with Gasteiger partial charge in [-0.25, -0.2) is 4.79 Å². The van der Waals surface area contributed by atoms with E-state index in [0.29, 0.717) is 6.42 Å². The van der Waals surface area contributed by atoms with Crippen molar-refractivity contribution in [3.63, 3.8) is 0 Å². The van der Waals surface area contributed by atoms with Crippen molar-refractivity contribution in [3.8, 4) is 0 Å². The van der Waals surface area contributed by atoms with Crippen molar-refractivity contribution in [2.24, 2.45) is 5.41 Å². The second-order valence-corrected chi connectivity index (χ2v) is 5.15. The number of aliphatic hydroxyl groups is 1. The van der Waals surface area contributed by atoms with Gasteiger partial charge in [0.25, 0.3) is 0 Å². The van der Waals surface area contributed by atoms with Crippen LogP contribution in [0.5, 0.6) is 0 Å². The Morgan fingerprint density at radius 2 is 1.76 bits per heavy atom. The molecule has 2 unspecified atom stereocenters. The van der Waals surface area contributed by atoms with E-state index in [4.69, 9.17) is 5.11 Å². The Kier molecular flexibility index (Phi) is 3.62. The molecule has 2 atom stereocenters. The average molecular weight is 241 g/mol. The first-order chi connectivity index (χ1) is 7.67. The number of hydrogen-bond acceptors (Lipinski definition) is 3. The third-order valence-corrected chi connectivity index (χ3v) is 3.75. The highest BCUT2D eigenvalue weighted by Crippen LogP contribution is 2.40. The molecule has 0 bridgehead atoms. The summed E-state index contributed by atoms with van der Waals surface area (Å²) in [5.74, 6) is -1.47. The van der Waals surface area contributed by atoms with Gasteiger partial charge in [0.2, 0.25) is 5.91 Å². The number of carboxylic acids is 1. The van der Waals surface area contributed by atoms with Crippen LogP contribution in [0.4, 0.5) is 0 Å². The molecule has 0 radical (unpaired) electrons. The molecule has 0 aromatic carbocycles. The Balaban J connectivity index is 2.69. The first kappa shape index (κ1) is 13.7. The molecule has 5 nitrogen and oxygen atoms in total. The lowest BCUT2D eigenvalue weighted by Crippen LogP contribution is -2.61. The fourth-order valence-electron chi connectivity index (χ4n) is 1.74. The van der Waals surface area contributed by atoms with Gasteiger partial charge in [0.1, 0.15) is 0 Å². The molecule has 1 fully saturated rings. The van der Waals surface area contributed by atoms with E-state index in [1.54, 1.807) is 0 Å². The van der Waals surface area contributed by atoms with Gasteiger partial charge in [-0.05, 0) is 20.3 Å². The van der Waals surface area contributed by atoms with E-state index in [0.717, 1.165) is 0 Å². The van der Waals surface area contributed by atoms with Crippen LogP contribution >= 0.6 is 0 Å². The van der Waals surface area contributed by atoms with Crippen molar-refractivity contribution >= 4 is 11.9 Å². The van der Waals surface area contributed by atoms with Gasteiger partial charge < -0.3 is 15.5 Å². The summed E-state index contributed by atoms with van der Waals surface area (Å²) in [5.41, 5.74) is -0.109. The molecule has 96 valence electrons. The summed E-state index contributed by atoms with van der Waals surface area (Å²) >= 11 is 0. The molecule has 0 aromatic rings. The quantitative estimate of drug-likeness (QED) is 0.634. The number of carbonyl (C=O) groups excluding carboxylic acids is 1. The highest BCUT2D eigenvalue weighted by molar-refractivity contribution is 6.01. The molecule has 0 aromatic heterocycles. The summed E-state index contributed by atoms with van der Waals surface area (Å²) < 4.78 is 0. The number of hydrogen-bond donors (Lipinski definition) is 3. The van der Waals surface area contributed by atoms with Crippen LogP contribution in [0, 0.1) is 5.41 Å². The SMILES string of the molecule is CC(C(=O)O)=C(C)C(=O)NC1CC(O)C1(C)C. The van der Waals surface area contributed by atoms with Gasteiger partial charge in [-0.15, -0.1) is 0 Å². The molecule has 0 spiro atoms. The van der Waals surface area contributed by atoms with Crippen LogP contribution in [0.25, 0.3) is 0 Å². The normalized spacial score (nSPS) is 27.8. The Labute approximate surface area is 101 Å². The van der Waals surface area contributed by atoms with Gasteiger partial charge in [-0.1, -0.05) is 13.8 Å². The van der Waals surface area contributed by atoms with E-state index in [9.17, 15) is 14.7 Å². The molecule has 3 N–H and O–H groups in total. The second kappa shape index (κ2) is 4.49. The molecule has 1 aliphatic carbocycles. The van der Waals surface area contributed by atoms with Crippen LogP contribution in [0.15, 0.2) is 11.1 Å². The number of amides is 1. The molecule has 17 heavy (non-hydrogen) atoms. The number of rotatable bonds is 3. The molecule has 5 heteroatoms. The molecule has 0 aliphatic heterocycles. The van der Waals surface area contributed by atoms with Crippen LogP contribution in [0.1, 0.15) is 34.1 Å². The molecule has 0 saturated heterocycles. The van der Waals surface area contributed by atoms with Gasteiger partial charge in [-0.3, -0.25) is 4.79 Å². The molecule has 1 rings (SSSR count). The van der Waals surface area contributed by atoms with E-state index in [-0.39, 0.29) is 28.5 Å². The summed E-state index contributed by atoms with van der Waals surface area (Å²) in [6.07, 6.45) is 0.0932. The maximum atomic E-state index is 11.8. The highest BCUT2D eigenvalue weighted by atomic mass is 16.4. The first-order valence-corrected chi connectivity index (χ1v) is 5.57. The van der Waals surface area contributed by atoms with Gasteiger partial charge in [0.15, 0.2) is 0 Å². The number of carboxylic acid groups (broad SMARTS) is 1. The minimum Gasteiger partial charge on any atom is -0.478 e. The van der Waals surface area contributed by atoms with Crippen molar-refractivity contribution < 1.29 is 19.8 Å². The summed E-state index contributed by atoms with van der Waals surface area (Å²) in [6.45, 7) is 6.63. The van der Waals surface area contributed by atoms with Crippen molar-refractivity contribution in [2.45, 2.75) is 46.3 Å². The van der Waals surface area contributed by atoms with E-state index in [1.807, 2.05) is 13.8 Å².